The molecule has 0 amide bonds. The fourth-order valence-electron chi connectivity index (χ4n) is 9.05. The Hall–Kier alpha value is -6.94. The first-order valence-corrected chi connectivity index (χ1v) is 20.9. The topological polar surface area (TPSA) is 8.17 Å². The van der Waals surface area contributed by atoms with Crippen molar-refractivity contribution in [1.82, 2.24) is 4.57 Å². The SMILES string of the molecule is CC1C=C(N(c2ccc(-c3ccccc3)cc2)c2ccc(-c3ccc4c5c6sc7ccccc7c6ccc5n(-c5ccccc5)c4c3)cc2)C=CC1c1ccccc1. The maximum Gasteiger partial charge on any atom is 0.0555 e. The number of para-hydroxylation sites is 1. The molecule has 2 heterocycles. The van der Waals surface area contributed by atoms with Crippen LogP contribution in [0.25, 0.3) is 69.9 Å². The van der Waals surface area contributed by atoms with E-state index in [0.717, 1.165) is 11.4 Å². The predicted octanol–water partition coefficient (Wildman–Crippen LogP) is 15.5. The van der Waals surface area contributed by atoms with Gasteiger partial charge in [-0.05, 0) is 94.4 Å². The number of fused-ring (bicyclic) bond motifs is 7. The summed E-state index contributed by atoms with van der Waals surface area (Å²) in [6, 6.07) is 70.8. The standard InChI is InChI=1S/C55H40N2S/c1-37-35-46(30-32-47(37)41-15-7-3-8-16-41)56(44-26-21-39(22-27-44)38-13-5-2-6-14-38)45-28-23-40(24-29-45)42-25-31-50-52(36-42)57(43-17-9-4-10-18-43)51-34-33-49-48-19-11-12-20-53(48)58-55(49)54(50)51/h2-37,47H,1H3. The Labute approximate surface area is 342 Å². The third kappa shape index (κ3) is 5.86. The lowest BCUT2D eigenvalue weighted by Crippen LogP contribution is -2.20. The van der Waals surface area contributed by atoms with E-state index in [1.54, 1.807) is 0 Å². The number of hydrogen-bond donors (Lipinski definition) is 0. The largest absolute Gasteiger partial charge is 0.311 e. The summed E-state index contributed by atoms with van der Waals surface area (Å²) in [5, 5.41) is 5.26. The first kappa shape index (κ1) is 34.3. The minimum absolute atomic E-state index is 0.338. The normalized spacial score (nSPS) is 15.4. The fraction of sp³-hybridized carbons (Fsp3) is 0.0545. The Balaban J connectivity index is 1.01. The minimum Gasteiger partial charge on any atom is -0.311 e. The number of nitrogens with zero attached hydrogens (tertiary/aromatic N) is 2. The van der Waals surface area contributed by atoms with Crippen molar-refractivity contribution in [2.75, 3.05) is 4.90 Å². The van der Waals surface area contributed by atoms with Crippen LogP contribution in [0, 0.1) is 5.92 Å². The molecule has 3 heteroatoms. The number of aromatic nitrogens is 1. The van der Waals surface area contributed by atoms with Gasteiger partial charge in [-0.25, -0.2) is 0 Å². The lowest BCUT2D eigenvalue weighted by molar-refractivity contribution is 0.628. The number of allylic oxidation sites excluding steroid dienone is 3. The average molecular weight is 761 g/mol. The maximum atomic E-state index is 2.44. The smallest absolute Gasteiger partial charge is 0.0555 e. The zero-order valence-electron chi connectivity index (χ0n) is 32.2. The summed E-state index contributed by atoms with van der Waals surface area (Å²) in [5.41, 5.74) is 13.2. The van der Waals surface area contributed by atoms with E-state index in [1.165, 1.54) is 81.2 Å². The molecule has 0 saturated carbocycles. The van der Waals surface area contributed by atoms with Gasteiger partial charge in [0.15, 0.2) is 0 Å². The zero-order valence-corrected chi connectivity index (χ0v) is 33.0. The highest BCUT2D eigenvalue weighted by Crippen LogP contribution is 2.45. The molecule has 2 aromatic heterocycles. The van der Waals surface area contributed by atoms with E-state index in [2.05, 4.69) is 229 Å². The van der Waals surface area contributed by atoms with Crippen LogP contribution in [0.4, 0.5) is 11.4 Å². The summed E-state index contributed by atoms with van der Waals surface area (Å²) in [6.45, 7) is 2.33. The van der Waals surface area contributed by atoms with Crippen LogP contribution >= 0.6 is 11.3 Å². The quantitative estimate of drug-likeness (QED) is 0.157. The Morgan fingerprint density at radius 3 is 1.79 bits per heavy atom. The van der Waals surface area contributed by atoms with Gasteiger partial charge in [-0.1, -0.05) is 159 Å². The summed E-state index contributed by atoms with van der Waals surface area (Å²) in [5.74, 6) is 0.677. The van der Waals surface area contributed by atoms with Crippen molar-refractivity contribution >= 4 is 64.7 Å². The molecular formula is C55H40N2S. The second-order valence-electron chi connectivity index (χ2n) is 15.4. The van der Waals surface area contributed by atoms with E-state index in [4.69, 9.17) is 0 Å². The van der Waals surface area contributed by atoms with Crippen LogP contribution in [-0.4, -0.2) is 4.57 Å². The molecule has 2 nitrogen and oxygen atoms in total. The molecule has 8 aromatic carbocycles. The molecule has 2 atom stereocenters. The molecule has 0 aliphatic heterocycles. The third-order valence-electron chi connectivity index (χ3n) is 11.9. The minimum atomic E-state index is 0.338. The summed E-state index contributed by atoms with van der Waals surface area (Å²) in [4.78, 5) is 2.40. The fourth-order valence-corrected chi connectivity index (χ4v) is 10.3. The Bertz CT molecular complexity index is 3150. The molecule has 1 aliphatic carbocycles. The number of benzene rings is 8. The van der Waals surface area contributed by atoms with Gasteiger partial charge in [0, 0.05) is 59.6 Å². The van der Waals surface area contributed by atoms with Crippen molar-refractivity contribution < 1.29 is 0 Å². The van der Waals surface area contributed by atoms with Gasteiger partial charge in [-0.3, -0.25) is 0 Å². The summed E-state index contributed by atoms with van der Waals surface area (Å²) >= 11 is 1.90. The molecule has 10 aromatic rings. The van der Waals surface area contributed by atoms with Gasteiger partial charge in [0.05, 0.1) is 11.0 Å². The zero-order chi connectivity index (χ0) is 38.6. The Morgan fingerprint density at radius 2 is 1.09 bits per heavy atom. The molecule has 0 saturated heterocycles. The molecule has 276 valence electrons. The summed E-state index contributed by atoms with van der Waals surface area (Å²) in [7, 11) is 0. The van der Waals surface area contributed by atoms with Crippen LogP contribution in [0.15, 0.2) is 218 Å². The highest BCUT2D eigenvalue weighted by Gasteiger charge is 2.23. The lowest BCUT2D eigenvalue weighted by Gasteiger charge is -2.31. The van der Waals surface area contributed by atoms with Crippen LogP contribution in [0.2, 0.25) is 0 Å². The van der Waals surface area contributed by atoms with Gasteiger partial charge >= 0.3 is 0 Å². The lowest BCUT2D eigenvalue weighted by atomic mass is 9.83. The molecule has 2 unspecified atom stereocenters. The molecule has 0 N–H and O–H groups in total. The van der Waals surface area contributed by atoms with Gasteiger partial charge in [-0.15, -0.1) is 11.3 Å². The van der Waals surface area contributed by atoms with Gasteiger partial charge in [0.2, 0.25) is 0 Å². The van der Waals surface area contributed by atoms with E-state index in [-0.39, 0.29) is 0 Å². The second kappa shape index (κ2) is 14.2. The highest BCUT2D eigenvalue weighted by molar-refractivity contribution is 7.26. The molecule has 0 radical (unpaired) electrons. The second-order valence-corrected chi connectivity index (χ2v) is 16.4. The van der Waals surface area contributed by atoms with Crippen molar-refractivity contribution in [3.05, 3.63) is 224 Å². The molecule has 0 spiro atoms. The highest BCUT2D eigenvalue weighted by atomic mass is 32.1. The van der Waals surface area contributed by atoms with Gasteiger partial charge in [0.1, 0.15) is 0 Å². The van der Waals surface area contributed by atoms with Crippen LogP contribution in [-0.2, 0) is 0 Å². The molecular weight excluding hydrogens is 721 g/mol. The van der Waals surface area contributed by atoms with Crippen molar-refractivity contribution in [2.45, 2.75) is 12.8 Å². The monoisotopic (exact) mass is 760 g/mol. The number of thiophene rings is 1. The van der Waals surface area contributed by atoms with E-state index in [9.17, 15) is 0 Å². The first-order chi connectivity index (χ1) is 28.7. The summed E-state index contributed by atoms with van der Waals surface area (Å²) < 4.78 is 5.12. The number of hydrogen-bond acceptors (Lipinski definition) is 2. The first-order valence-electron chi connectivity index (χ1n) is 20.1. The van der Waals surface area contributed by atoms with E-state index in [1.807, 2.05) is 11.3 Å². The van der Waals surface area contributed by atoms with Crippen molar-refractivity contribution in [3.8, 4) is 27.9 Å². The van der Waals surface area contributed by atoms with E-state index in [0.29, 0.717) is 11.8 Å². The molecule has 58 heavy (non-hydrogen) atoms. The van der Waals surface area contributed by atoms with E-state index >= 15 is 0 Å². The van der Waals surface area contributed by atoms with Gasteiger partial charge in [-0.2, -0.15) is 0 Å². The maximum absolute atomic E-state index is 2.44. The Kier molecular flexibility index (Phi) is 8.41. The molecule has 1 aliphatic rings. The van der Waals surface area contributed by atoms with Crippen LogP contribution in [0.5, 0.6) is 0 Å². The number of rotatable bonds is 7. The predicted molar refractivity (Wildman–Crippen MR) is 249 cm³/mol. The van der Waals surface area contributed by atoms with E-state index < -0.39 is 0 Å². The van der Waals surface area contributed by atoms with Crippen LogP contribution < -0.4 is 4.90 Å². The number of anilines is 2. The van der Waals surface area contributed by atoms with Crippen molar-refractivity contribution in [1.29, 1.82) is 0 Å². The third-order valence-corrected chi connectivity index (χ3v) is 13.1. The van der Waals surface area contributed by atoms with Crippen molar-refractivity contribution in [3.63, 3.8) is 0 Å². The Morgan fingerprint density at radius 1 is 0.500 bits per heavy atom. The van der Waals surface area contributed by atoms with Crippen molar-refractivity contribution in [2.24, 2.45) is 5.92 Å². The average Bonchev–Trinajstić information content (AvgIpc) is 3.83. The molecule has 0 fully saturated rings. The van der Waals surface area contributed by atoms with Gasteiger partial charge in [0.25, 0.3) is 0 Å². The molecule has 0 bridgehead atoms. The van der Waals surface area contributed by atoms with Crippen LogP contribution in [0.3, 0.4) is 0 Å². The van der Waals surface area contributed by atoms with Gasteiger partial charge < -0.3 is 9.47 Å². The summed E-state index contributed by atoms with van der Waals surface area (Å²) in [6.07, 6.45) is 7.11. The van der Waals surface area contributed by atoms with Crippen LogP contribution in [0.1, 0.15) is 18.4 Å². The molecule has 11 rings (SSSR count).